The Hall–Kier alpha value is -1.96. The number of nitro benzene ring substituents is 1. The molecular weight excluding hydrogens is 284 g/mol. The number of nitrogens with one attached hydrogen (secondary N) is 1. The molecule has 1 N–H and O–H groups in total. The quantitative estimate of drug-likeness (QED) is 0.667. The maximum absolute atomic E-state index is 12.1. The van der Waals surface area contributed by atoms with Gasteiger partial charge in [-0.1, -0.05) is 6.92 Å². The fraction of sp³-hybridized carbons (Fsp3) is 0.417. The van der Waals surface area contributed by atoms with E-state index in [0.717, 1.165) is 12.1 Å². The molecule has 1 aliphatic rings. The first-order chi connectivity index (χ1) is 9.22. The predicted molar refractivity (Wildman–Crippen MR) is 70.4 cm³/mol. The summed E-state index contributed by atoms with van der Waals surface area (Å²) in [6, 6.07) is 3.41. The maximum Gasteiger partial charge on any atom is 0.269 e. The van der Waals surface area contributed by atoms with Gasteiger partial charge in [-0.15, -0.1) is 0 Å². The van der Waals surface area contributed by atoms with Crippen molar-refractivity contribution in [1.82, 2.24) is 4.72 Å². The topological polar surface area (TPSA) is 106 Å². The minimum atomic E-state index is -3.98. The first kappa shape index (κ1) is 14.4. The zero-order chi connectivity index (χ0) is 15.1. The van der Waals surface area contributed by atoms with E-state index in [2.05, 4.69) is 0 Å². The van der Waals surface area contributed by atoms with Gasteiger partial charge in [-0.3, -0.25) is 14.9 Å². The van der Waals surface area contributed by atoms with E-state index >= 15 is 0 Å². The van der Waals surface area contributed by atoms with Crippen LogP contribution in [0.2, 0.25) is 0 Å². The number of amides is 1. The Kier molecular flexibility index (Phi) is 3.51. The standard InChI is InChI=1S/C12H14N2O5S/c1-7-6-10(7)12(15)13-20(18,19)11-4-3-9(14(16)17)5-8(11)2/h3-5,7,10H,6H2,1-2H3,(H,13,15). The molecule has 0 saturated heterocycles. The molecule has 2 atom stereocenters. The molecule has 1 aromatic carbocycles. The first-order valence-corrected chi connectivity index (χ1v) is 7.52. The van der Waals surface area contributed by atoms with Crippen LogP contribution in [0.4, 0.5) is 5.69 Å². The Bertz CT molecular complexity index is 683. The number of hydrogen-bond acceptors (Lipinski definition) is 5. The smallest absolute Gasteiger partial charge is 0.269 e. The fourth-order valence-electron chi connectivity index (χ4n) is 2.00. The van der Waals surface area contributed by atoms with E-state index < -0.39 is 20.9 Å². The highest BCUT2D eigenvalue weighted by Gasteiger charge is 2.40. The molecule has 0 aliphatic heterocycles. The Morgan fingerprint density at radius 3 is 2.50 bits per heavy atom. The van der Waals surface area contributed by atoms with Crippen molar-refractivity contribution in [3.63, 3.8) is 0 Å². The normalized spacial score (nSPS) is 21.3. The van der Waals surface area contributed by atoms with Crippen molar-refractivity contribution in [2.75, 3.05) is 0 Å². The number of carbonyl (C=O) groups excluding carboxylic acids is 1. The van der Waals surface area contributed by atoms with E-state index in [1.165, 1.54) is 13.0 Å². The molecule has 2 rings (SSSR count). The Morgan fingerprint density at radius 2 is 2.05 bits per heavy atom. The van der Waals surface area contributed by atoms with E-state index in [9.17, 15) is 23.3 Å². The van der Waals surface area contributed by atoms with Crippen LogP contribution in [-0.4, -0.2) is 19.2 Å². The number of nitro groups is 1. The largest absolute Gasteiger partial charge is 0.274 e. The summed E-state index contributed by atoms with van der Waals surface area (Å²) >= 11 is 0. The lowest BCUT2D eigenvalue weighted by Crippen LogP contribution is -2.32. The zero-order valence-corrected chi connectivity index (χ0v) is 11.8. The lowest BCUT2D eigenvalue weighted by molar-refractivity contribution is -0.385. The van der Waals surface area contributed by atoms with Gasteiger partial charge in [0.2, 0.25) is 5.91 Å². The van der Waals surface area contributed by atoms with Crippen molar-refractivity contribution in [3.05, 3.63) is 33.9 Å². The average molecular weight is 298 g/mol. The molecule has 108 valence electrons. The van der Waals surface area contributed by atoms with Crippen LogP contribution in [0.5, 0.6) is 0 Å². The van der Waals surface area contributed by atoms with Gasteiger partial charge in [-0.05, 0) is 30.9 Å². The summed E-state index contributed by atoms with van der Waals surface area (Å²) in [6.45, 7) is 3.32. The van der Waals surface area contributed by atoms with Crippen molar-refractivity contribution < 1.29 is 18.1 Å². The maximum atomic E-state index is 12.1. The van der Waals surface area contributed by atoms with Gasteiger partial charge < -0.3 is 0 Å². The molecule has 8 heteroatoms. The van der Waals surface area contributed by atoms with Gasteiger partial charge in [0, 0.05) is 18.1 Å². The van der Waals surface area contributed by atoms with Crippen LogP contribution in [0.1, 0.15) is 18.9 Å². The molecule has 7 nitrogen and oxygen atoms in total. The van der Waals surface area contributed by atoms with Crippen LogP contribution < -0.4 is 4.72 Å². The lowest BCUT2D eigenvalue weighted by Gasteiger charge is -2.08. The Balaban J connectivity index is 2.25. The van der Waals surface area contributed by atoms with E-state index in [1.807, 2.05) is 11.6 Å². The molecule has 20 heavy (non-hydrogen) atoms. The van der Waals surface area contributed by atoms with Crippen molar-refractivity contribution in [3.8, 4) is 0 Å². The van der Waals surface area contributed by atoms with Gasteiger partial charge in [0.1, 0.15) is 0 Å². The number of aryl methyl sites for hydroxylation is 1. The molecular formula is C12H14N2O5S. The van der Waals surface area contributed by atoms with Crippen molar-refractivity contribution in [2.45, 2.75) is 25.2 Å². The minimum Gasteiger partial charge on any atom is -0.274 e. The highest BCUT2D eigenvalue weighted by Crippen LogP contribution is 2.38. The number of carbonyl (C=O) groups is 1. The molecule has 0 spiro atoms. The van der Waals surface area contributed by atoms with Crippen molar-refractivity contribution in [2.24, 2.45) is 11.8 Å². The van der Waals surface area contributed by atoms with E-state index in [0.29, 0.717) is 6.42 Å². The molecule has 0 heterocycles. The monoisotopic (exact) mass is 298 g/mol. The number of hydrogen-bond donors (Lipinski definition) is 1. The van der Waals surface area contributed by atoms with E-state index in [1.54, 1.807) is 0 Å². The molecule has 1 saturated carbocycles. The summed E-state index contributed by atoms with van der Waals surface area (Å²) in [5.41, 5.74) is 0.0342. The number of rotatable bonds is 4. The van der Waals surface area contributed by atoms with Crippen LogP contribution in [0.3, 0.4) is 0 Å². The summed E-state index contributed by atoms with van der Waals surface area (Å²) < 4.78 is 26.2. The number of benzene rings is 1. The second-order valence-electron chi connectivity index (χ2n) is 5.00. The first-order valence-electron chi connectivity index (χ1n) is 6.04. The molecule has 1 fully saturated rings. The van der Waals surface area contributed by atoms with Crippen molar-refractivity contribution >= 4 is 21.6 Å². The molecule has 2 unspecified atom stereocenters. The lowest BCUT2D eigenvalue weighted by atomic mass is 10.2. The molecule has 0 aromatic heterocycles. The highest BCUT2D eigenvalue weighted by molar-refractivity contribution is 7.90. The van der Waals surface area contributed by atoms with Gasteiger partial charge in [-0.2, -0.15) is 0 Å². The second kappa shape index (κ2) is 4.86. The molecule has 0 radical (unpaired) electrons. The van der Waals surface area contributed by atoms with Gasteiger partial charge in [-0.25, -0.2) is 13.1 Å². The van der Waals surface area contributed by atoms with E-state index in [4.69, 9.17) is 0 Å². The Morgan fingerprint density at radius 1 is 1.45 bits per heavy atom. The SMILES string of the molecule is Cc1cc([N+](=O)[O-])ccc1S(=O)(=O)NC(=O)C1CC1C. The molecule has 0 bridgehead atoms. The third-order valence-corrected chi connectivity index (χ3v) is 4.85. The summed E-state index contributed by atoms with van der Waals surface area (Å²) in [6.07, 6.45) is 0.681. The third-order valence-electron chi connectivity index (χ3n) is 3.34. The summed E-state index contributed by atoms with van der Waals surface area (Å²) in [5, 5.41) is 10.6. The summed E-state index contributed by atoms with van der Waals surface area (Å²) in [4.78, 5) is 21.6. The highest BCUT2D eigenvalue weighted by atomic mass is 32.2. The van der Waals surface area contributed by atoms with Crippen LogP contribution in [0.25, 0.3) is 0 Å². The average Bonchev–Trinajstić information content (AvgIpc) is 3.05. The summed E-state index contributed by atoms with van der Waals surface area (Å²) in [7, 11) is -3.98. The van der Waals surface area contributed by atoms with Crippen LogP contribution in [0.15, 0.2) is 23.1 Å². The van der Waals surface area contributed by atoms with E-state index in [-0.39, 0.29) is 28.0 Å². The fourth-order valence-corrected chi connectivity index (χ4v) is 3.26. The minimum absolute atomic E-state index is 0.121. The molecule has 1 aliphatic carbocycles. The number of non-ortho nitro benzene ring substituents is 1. The molecule has 1 aromatic rings. The van der Waals surface area contributed by atoms with Crippen LogP contribution in [-0.2, 0) is 14.8 Å². The zero-order valence-electron chi connectivity index (χ0n) is 11.0. The predicted octanol–water partition coefficient (Wildman–Crippen LogP) is 1.36. The van der Waals surface area contributed by atoms with Crippen LogP contribution in [0, 0.1) is 28.9 Å². The number of nitrogens with zero attached hydrogens (tertiary/aromatic N) is 1. The van der Waals surface area contributed by atoms with Gasteiger partial charge >= 0.3 is 0 Å². The number of sulfonamides is 1. The summed E-state index contributed by atoms with van der Waals surface area (Å²) in [5.74, 6) is -0.582. The van der Waals surface area contributed by atoms with Gasteiger partial charge in [0.05, 0.1) is 9.82 Å². The van der Waals surface area contributed by atoms with Gasteiger partial charge in [0.25, 0.3) is 15.7 Å². The second-order valence-corrected chi connectivity index (χ2v) is 6.65. The third kappa shape index (κ3) is 2.79. The Labute approximate surface area is 116 Å². The van der Waals surface area contributed by atoms with Gasteiger partial charge in [0.15, 0.2) is 0 Å². The van der Waals surface area contributed by atoms with Crippen molar-refractivity contribution in [1.29, 1.82) is 0 Å². The molecule has 1 amide bonds. The van der Waals surface area contributed by atoms with Crippen LogP contribution >= 0.6 is 0 Å².